The Hall–Kier alpha value is -2.54. The largest absolute Gasteiger partial charge is 0.359 e. The molecular formula is C21H30N6O. The Morgan fingerprint density at radius 3 is 2.64 bits per heavy atom. The number of rotatable bonds is 6. The van der Waals surface area contributed by atoms with Crippen molar-refractivity contribution in [2.45, 2.75) is 26.7 Å². The number of carbonyl (C=O) groups is 1. The van der Waals surface area contributed by atoms with Gasteiger partial charge < -0.3 is 10.2 Å². The molecule has 0 radical (unpaired) electrons. The molecule has 3 rings (SSSR count). The van der Waals surface area contributed by atoms with E-state index in [-0.39, 0.29) is 5.91 Å². The molecule has 7 nitrogen and oxygen atoms in total. The second-order valence-corrected chi connectivity index (χ2v) is 7.57. The van der Waals surface area contributed by atoms with Gasteiger partial charge in [-0.1, -0.05) is 6.07 Å². The number of pyridine rings is 1. The van der Waals surface area contributed by atoms with Gasteiger partial charge in [-0.15, -0.1) is 0 Å². The molecule has 150 valence electrons. The predicted molar refractivity (Wildman–Crippen MR) is 111 cm³/mol. The van der Waals surface area contributed by atoms with Crippen LogP contribution < -0.4 is 10.2 Å². The highest BCUT2D eigenvalue weighted by atomic mass is 16.1. The summed E-state index contributed by atoms with van der Waals surface area (Å²) >= 11 is 0. The van der Waals surface area contributed by atoms with Gasteiger partial charge in [0.25, 0.3) is 0 Å². The van der Waals surface area contributed by atoms with Crippen LogP contribution in [0.3, 0.4) is 0 Å². The van der Waals surface area contributed by atoms with Crippen LogP contribution in [0.1, 0.15) is 24.1 Å². The van der Waals surface area contributed by atoms with Crippen molar-refractivity contribution in [1.82, 2.24) is 25.2 Å². The fraction of sp³-hybridized carbons (Fsp3) is 0.524. The summed E-state index contributed by atoms with van der Waals surface area (Å²) in [6.45, 7) is 7.48. The highest BCUT2D eigenvalue weighted by molar-refractivity contribution is 5.77. The van der Waals surface area contributed by atoms with E-state index in [1.165, 1.54) is 0 Å². The number of anilines is 1. The smallest absolute Gasteiger partial charge is 0.233 e. The van der Waals surface area contributed by atoms with Gasteiger partial charge >= 0.3 is 0 Å². The first-order valence-corrected chi connectivity index (χ1v) is 9.88. The van der Waals surface area contributed by atoms with E-state index in [1.807, 2.05) is 25.1 Å². The third kappa shape index (κ3) is 4.84. The van der Waals surface area contributed by atoms with Crippen LogP contribution in [0.2, 0.25) is 0 Å². The summed E-state index contributed by atoms with van der Waals surface area (Å²) in [6, 6.07) is 5.79. The first-order valence-electron chi connectivity index (χ1n) is 9.88. The molecule has 1 N–H and O–H groups in total. The molecule has 2 aromatic heterocycles. The third-order valence-corrected chi connectivity index (χ3v) is 5.50. The van der Waals surface area contributed by atoms with Gasteiger partial charge in [0.1, 0.15) is 11.5 Å². The summed E-state index contributed by atoms with van der Waals surface area (Å²) in [6.07, 6.45) is 3.96. The molecule has 1 aliphatic heterocycles. The van der Waals surface area contributed by atoms with Crippen molar-refractivity contribution in [3.05, 3.63) is 35.7 Å². The predicted octanol–water partition coefficient (Wildman–Crippen LogP) is 2.05. The molecule has 0 spiro atoms. The quantitative estimate of drug-likeness (QED) is 0.824. The zero-order valence-electron chi connectivity index (χ0n) is 17.3. The average Bonchev–Trinajstić information content (AvgIpc) is 2.71. The Balaban J connectivity index is 1.67. The number of likely N-dealkylation sites (tertiary alicyclic amines) is 1. The topological polar surface area (TPSA) is 74.2 Å². The molecule has 0 bridgehead atoms. The molecule has 1 amide bonds. The number of hydrogen-bond acceptors (Lipinski definition) is 6. The molecule has 1 fully saturated rings. The van der Waals surface area contributed by atoms with Crippen LogP contribution in [0.4, 0.5) is 5.82 Å². The number of likely N-dealkylation sites (N-methyl/N-ethyl adjacent to an activating group) is 1. The molecule has 7 heteroatoms. The number of hydrogen-bond donors (Lipinski definition) is 1. The Kier molecular flexibility index (Phi) is 6.57. The number of carbonyl (C=O) groups excluding carboxylic acids is 1. The normalized spacial score (nSPS) is 15.4. The molecule has 0 saturated carbocycles. The van der Waals surface area contributed by atoms with Crippen molar-refractivity contribution in [1.29, 1.82) is 0 Å². The molecule has 0 atom stereocenters. The van der Waals surface area contributed by atoms with Gasteiger partial charge in [0, 0.05) is 38.1 Å². The first-order chi connectivity index (χ1) is 13.5. The van der Waals surface area contributed by atoms with E-state index >= 15 is 0 Å². The van der Waals surface area contributed by atoms with E-state index in [9.17, 15) is 4.79 Å². The highest BCUT2D eigenvalue weighted by Gasteiger charge is 2.23. The number of nitrogens with one attached hydrogen (secondary N) is 1. The molecule has 3 heterocycles. The third-order valence-electron chi connectivity index (χ3n) is 5.50. The standard InChI is InChI=1S/C21H30N6O/c1-15-16(2)24-20(18-7-5-6-10-23-18)25-21(15)26(4)13-17-8-11-27(12-9-17)14-19(28)22-3/h5-7,10,17H,8-9,11-14H2,1-4H3,(H,22,28). The van der Waals surface area contributed by atoms with Gasteiger partial charge in [0.05, 0.1) is 6.54 Å². The zero-order chi connectivity index (χ0) is 20.1. The van der Waals surface area contributed by atoms with Crippen LogP contribution in [0.5, 0.6) is 0 Å². The van der Waals surface area contributed by atoms with Gasteiger partial charge in [0.2, 0.25) is 5.91 Å². The Morgan fingerprint density at radius 1 is 1.25 bits per heavy atom. The van der Waals surface area contributed by atoms with Crippen LogP contribution in [0, 0.1) is 19.8 Å². The van der Waals surface area contributed by atoms with Crippen molar-refractivity contribution in [3.63, 3.8) is 0 Å². The Morgan fingerprint density at radius 2 is 2.00 bits per heavy atom. The van der Waals surface area contributed by atoms with Crippen LogP contribution in [0.25, 0.3) is 11.5 Å². The highest BCUT2D eigenvalue weighted by Crippen LogP contribution is 2.25. The van der Waals surface area contributed by atoms with E-state index in [4.69, 9.17) is 4.98 Å². The average molecular weight is 383 g/mol. The molecule has 2 aromatic rings. The minimum absolute atomic E-state index is 0.0877. The van der Waals surface area contributed by atoms with Crippen molar-refractivity contribution >= 4 is 11.7 Å². The van der Waals surface area contributed by atoms with E-state index < -0.39 is 0 Å². The van der Waals surface area contributed by atoms with E-state index in [1.54, 1.807) is 13.2 Å². The molecule has 1 aliphatic rings. The number of nitrogens with zero attached hydrogens (tertiary/aromatic N) is 5. The summed E-state index contributed by atoms with van der Waals surface area (Å²) in [4.78, 5) is 29.9. The van der Waals surface area contributed by atoms with Crippen molar-refractivity contribution in [2.24, 2.45) is 5.92 Å². The van der Waals surface area contributed by atoms with Crippen molar-refractivity contribution < 1.29 is 4.79 Å². The van der Waals surface area contributed by atoms with E-state index in [0.29, 0.717) is 18.3 Å². The maximum Gasteiger partial charge on any atom is 0.233 e. The van der Waals surface area contributed by atoms with Crippen molar-refractivity contribution in [3.8, 4) is 11.5 Å². The monoisotopic (exact) mass is 382 g/mol. The van der Waals surface area contributed by atoms with E-state index in [2.05, 4.69) is 39.1 Å². The summed E-state index contributed by atoms with van der Waals surface area (Å²) in [5, 5.41) is 2.70. The Labute approximate surface area is 167 Å². The number of aromatic nitrogens is 3. The minimum Gasteiger partial charge on any atom is -0.359 e. The minimum atomic E-state index is 0.0877. The number of aryl methyl sites for hydroxylation is 1. The van der Waals surface area contributed by atoms with Gasteiger partial charge in [-0.05, 0) is 57.8 Å². The second kappa shape index (κ2) is 9.10. The number of piperidine rings is 1. The molecule has 0 unspecified atom stereocenters. The fourth-order valence-corrected chi connectivity index (χ4v) is 3.68. The molecule has 28 heavy (non-hydrogen) atoms. The molecule has 0 aromatic carbocycles. The van der Waals surface area contributed by atoms with Gasteiger partial charge in [-0.2, -0.15) is 0 Å². The van der Waals surface area contributed by atoms with Crippen LogP contribution in [0.15, 0.2) is 24.4 Å². The summed E-state index contributed by atoms with van der Waals surface area (Å²) in [5.74, 6) is 2.33. The lowest BCUT2D eigenvalue weighted by Crippen LogP contribution is -2.42. The lowest BCUT2D eigenvalue weighted by atomic mass is 9.96. The first kappa shape index (κ1) is 20.2. The Bertz CT molecular complexity index is 802. The lowest BCUT2D eigenvalue weighted by Gasteiger charge is -2.34. The summed E-state index contributed by atoms with van der Waals surface area (Å²) in [7, 11) is 3.79. The van der Waals surface area contributed by atoms with Crippen LogP contribution in [-0.2, 0) is 4.79 Å². The van der Waals surface area contributed by atoms with Gasteiger partial charge in [0.15, 0.2) is 5.82 Å². The summed E-state index contributed by atoms with van der Waals surface area (Å²) in [5.41, 5.74) is 2.89. The summed E-state index contributed by atoms with van der Waals surface area (Å²) < 4.78 is 0. The maximum absolute atomic E-state index is 11.6. The number of amides is 1. The van der Waals surface area contributed by atoms with Crippen LogP contribution in [-0.4, -0.2) is 66.0 Å². The molecule has 0 aliphatic carbocycles. The fourth-order valence-electron chi connectivity index (χ4n) is 3.68. The van der Waals surface area contributed by atoms with Crippen molar-refractivity contribution in [2.75, 3.05) is 45.2 Å². The molecule has 1 saturated heterocycles. The SMILES string of the molecule is CNC(=O)CN1CCC(CN(C)c2nc(-c3ccccn3)nc(C)c2C)CC1. The maximum atomic E-state index is 11.6. The molecular weight excluding hydrogens is 352 g/mol. The van der Waals surface area contributed by atoms with Gasteiger partial charge in [-0.25, -0.2) is 9.97 Å². The lowest BCUT2D eigenvalue weighted by molar-refractivity contribution is -0.122. The van der Waals surface area contributed by atoms with Gasteiger partial charge in [-0.3, -0.25) is 14.7 Å². The zero-order valence-corrected chi connectivity index (χ0v) is 17.3. The van der Waals surface area contributed by atoms with E-state index in [0.717, 1.165) is 55.2 Å². The second-order valence-electron chi connectivity index (χ2n) is 7.57. The van der Waals surface area contributed by atoms with Crippen LogP contribution >= 0.6 is 0 Å².